The van der Waals surface area contributed by atoms with E-state index in [0.29, 0.717) is 5.56 Å². The normalized spacial score (nSPS) is 19.7. The minimum absolute atomic E-state index is 0.0460. The Morgan fingerprint density at radius 3 is 2.76 bits per heavy atom. The second kappa shape index (κ2) is 12.4. The highest BCUT2D eigenvalue weighted by Gasteiger charge is 2.38. The van der Waals surface area contributed by atoms with E-state index in [-0.39, 0.29) is 48.6 Å². The number of para-hydroxylation sites is 1. The number of nitrogens with zero attached hydrogens (tertiary/aromatic N) is 2. The molecule has 1 aliphatic rings. The lowest BCUT2D eigenvalue weighted by Crippen LogP contribution is -2.50. The molecule has 2 N–H and O–H groups in total. The summed E-state index contributed by atoms with van der Waals surface area (Å²) in [6, 6.07) is 9.17. The zero-order chi connectivity index (χ0) is 27.2. The Morgan fingerprint density at radius 1 is 1.35 bits per heavy atom. The molecule has 3 atom stereocenters. The summed E-state index contributed by atoms with van der Waals surface area (Å²) in [6.07, 6.45) is -0.624. The van der Waals surface area contributed by atoms with Gasteiger partial charge in [-0.15, -0.1) is 0 Å². The molecule has 0 unspecified atom stereocenters. The monoisotopic (exact) mass is 533 g/mol. The number of carbonyl (C=O) groups excluding carboxylic acids is 1. The van der Waals surface area contributed by atoms with E-state index in [2.05, 4.69) is 17.2 Å². The summed E-state index contributed by atoms with van der Waals surface area (Å²) in [5.74, 6) is 4.90. The molecule has 0 spiro atoms. The summed E-state index contributed by atoms with van der Waals surface area (Å²) in [5, 5.41) is 12.3. The van der Waals surface area contributed by atoms with Gasteiger partial charge in [-0.25, -0.2) is 17.6 Å². The summed E-state index contributed by atoms with van der Waals surface area (Å²) in [5.41, 5.74) is 0.579. The molecule has 1 heterocycles. The SMILES string of the molecule is COCC#Cc1ccc2c(c1)O[C@H](CN(C)C(=O)Nc1ccccc1F)[C@@H](C)CN([C@@H](C)CO)S2(=O)=O. The Kier molecular flexibility index (Phi) is 9.50. The second-order valence-electron chi connectivity index (χ2n) is 8.93. The molecule has 2 amide bonds. The Hall–Kier alpha value is -3.17. The van der Waals surface area contributed by atoms with Crippen LogP contribution >= 0.6 is 0 Å². The highest BCUT2D eigenvalue weighted by Crippen LogP contribution is 2.34. The van der Waals surface area contributed by atoms with Gasteiger partial charge in [0.25, 0.3) is 0 Å². The van der Waals surface area contributed by atoms with Crippen LogP contribution in [0.3, 0.4) is 0 Å². The smallest absolute Gasteiger partial charge is 0.321 e. The third-order valence-corrected chi connectivity index (χ3v) is 8.05. The lowest BCUT2D eigenvalue weighted by molar-refractivity contribution is 0.0830. The average molecular weight is 534 g/mol. The van der Waals surface area contributed by atoms with Crippen molar-refractivity contribution in [1.29, 1.82) is 0 Å². The molecule has 3 rings (SSSR count). The maximum atomic E-state index is 14.0. The number of urea groups is 1. The molecule has 2 aromatic rings. The van der Waals surface area contributed by atoms with Crippen molar-refractivity contribution in [3.63, 3.8) is 0 Å². The molecular weight excluding hydrogens is 501 g/mol. The van der Waals surface area contributed by atoms with Crippen LogP contribution in [-0.4, -0.2) is 81.4 Å². The fraction of sp³-hybridized carbons (Fsp3) is 0.423. The van der Waals surface area contributed by atoms with Gasteiger partial charge < -0.3 is 24.8 Å². The topological polar surface area (TPSA) is 108 Å². The first-order chi connectivity index (χ1) is 17.6. The summed E-state index contributed by atoms with van der Waals surface area (Å²) in [4.78, 5) is 14.1. The number of nitrogens with one attached hydrogen (secondary N) is 1. The summed E-state index contributed by atoms with van der Waals surface area (Å²) in [6.45, 7) is 3.43. The third kappa shape index (κ3) is 6.78. The van der Waals surface area contributed by atoms with Crippen molar-refractivity contribution in [2.75, 3.05) is 45.8 Å². The lowest BCUT2D eigenvalue weighted by Gasteiger charge is -2.37. The number of aliphatic hydroxyl groups is 1. The van der Waals surface area contributed by atoms with Gasteiger partial charge in [-0.3, -0.25) is 0 Å². The number of ether oxygens (including phenoxy) is 2. The summed E-state index contributed by atoms with van der Waals surface area (Å²) >= 11 is 0. The highest BCUT2D eigenvalue weighted by atomic mass is 32.2. The van der Waals surface area contributed by atoms with Gasteiger partial charge in [0.1, 0.15) is 29.2 Å². The minimum atomic E-state index is -4.00. The molecule has 37 heavy (non-hydrogen) atoms. The molecule has 1 aliphatic heterocycles. The van der Waals surface area contributed by atoms with Crippen molar-refractivity contribution in [2.45, 2.75) is 30.9 Å². The van der Waals surface area contributed by atoms with Crippen LogP contribution in [0.1, 0.15) is 19.4 Å². The highest BCUT2D eigenvalue weighted by molar-refractivity contribution is 7.89. The number of fused-ring (bicyclic) bond motifs is 1. The van der Waals surface area contributed by atoms with Gasteiger partial charge in [0.15, 0.2) is 0 Å². The van der Waals surface area contributed by atoms with Gasteiger partial charge >= 0.3 is 6.03 Å². The van der Waals surface area contributed by atoms with Crippen LogP contribution in [-0.2, 0) is 14.8 Å². The molecule has 0 aromatic heterocycles. The van der Waals surface area contributed by atoms with Crippen molar-refractivity contribution in [2.24, 2.45) is 5.92 Å². The maximum Gasteiger partial charge on any atom is 0.321 e. The summed E-state index contributed by atoms with van der Waals surface area (Å²) in [7, 11) is -0.936. The number of rotatable bonds is 6. The molecule has 0 bridgehead atoms. The molecule has 0 saturated carbocycles. The molecule has 0 aliphatic carbocycles. The number of amides is 2. The first-order valence-corrected chi connectivity index (χ1v) is 13.2. The van der Waals surface area contributed by atoms with E-state index in [4.69, 9.17) is 9.47 Å². The molecule has 0 radical (unpaired) electrons. The van der Waals surface area contributed by atoms with Crippen molar-refractivity contribution in [1.82, 2.24) is 9.21 Å². The molecule has 2 aromatic carbocycles. The Morgan fingerprint density at radius 2 is 2.08 bits per heavy atom. The van der Waals surface area contributed by atoms with E-state index in [1.807, 2.05) is 6.92 Å². The number of hydrogen-bond acceptors (Lipinski definition) is 6. The minimum Gasteiger partial charge on any atom is -0.487 e. The number of benzene rings is 2. The number of methoxy groups -OCH3 is 1. The average Bonchev–Trinajstić information content (AvgIpc) is 2.87. The molecule has 0 saturated heterocycles. The van der Waals surface area contributed by atoms with Crippen LogP contribution in [0, 0.1) is 23.6 Å². The van der Waals surface area contributed by atoms with E-state index in [1.54, 1.807) is 32.2 Å². The van der Waals surface area contributed by atoms with E-state index >= 15 is 0 Å². The van der Waals surface area contributed by atoms with Crippen LogP contribution in [0.2, 0.25) is 0 Å². The van der Waals surface area contributed by atoms with Crippen LogP contribution in [0.5, 0.6) is 5.75 Å². The summed E-state index contributed by atoms with van der Waals surface area (Å²) < 4.78 is 53.5. The number of sulfonamides is 1. The number of anilines is 1. The molecule has 0 fully saturated rings. The molecular formula is C26H32FN3O6S. The lowest BCUT2D eigenvalue weighted by atomic mass is 10.0. The van der Waals surface area contributed by atoms with E-state index in [9.17, 15) is 22.7 Å². The van der Waals surface area contributed by atoms with E-state index < -0.39 is 34.0 Å². The number of likely N-dealkylation sites (N-methyl/N-ethyl adjacent to an activating group) is 1. The van der Waals surface area contributed by atoms with Gasteiger partial charge in [-0.05, 0) is 37.3 Å². The third-order valence-electron chi connectivity index (χ3n) is 6.03. The number of carbonyl (C=O) groups is 1. The molecule has 9 nitrogen and oxygen atoms in total. The number of halogens is 1. The van der Waals surface area contributed by atoms with Gasteiger partial charge in [0.2, 0.25) is 10.0 Å². The number of hydrogen-bond donors (Lipinski definition) is 2. The molecule has 200 valence electrons. The predicted molar refractivity (Wildman–Crippen MR) is 137 cm³/mol. The van der Waals surface area contributed by atoms with Crippen molar-refractivity contribution in [3.05, 3.63) is 53.8 Å². The van der Waals surface area contributed by atoms with Crippen molar-refractivity contribution < 1.29 is 32.2 Å². The second-order valence-corrected chi connectivity index (χ2v) is 10.8. The first-order valence-electron chi connectivity index (χ1n) is 11.8. The van der Waals surface area contributed by atoms with Gasteiger partial charge in [-0.1, -0.05) is 30.9 Å². The fourth-order valence-corrected chi connectivity index (χ4v) is 5.68. The molecule has 11 heteroatoms. The van der Waals surface area contributed by atoms with E-state index in [1.165, 1.54) is 40.6 Å². The largest absolute Gasteiger partial charge is 0.487 e. The van der Waals surface area contributed by atoms with Gasteiger partial charge in [0, 0.05) is 38.2 Å². The van der Waals surface area contributed by atoms with Crippen LogP contribution in [0.15, 0.2) is 47.4 Å². The fourth-order valence-electron chi connectivity index (χ4n) is 3.86. The quantitative estimate of drug-likeness (QED) is 0.553. The first kappa shape index (κ1) is 28.4. The zero-order valence-corrected chi connectivity index (χ0v) is 22.1. The van der Waals surface area contributed by atoms with Crippen LogP contribution < -0.4 is 10.1 Å². The van der Waals surface area contributed by atoms with Crippen molar-refractivity contribution >= 4 is 21.7 Å². The Labute approximate surface area is 217 Å². The van der Waals surface area contributed by atoms with Crippen LogP contribution in [0.25, 0.3) is 0 Å². The van der Waals surface area contributed by atoms with Crippen LogP contribution in [0.4, 0.5) is 14.9 Å². The van der Waals surface area contributed by atoms with Gasteiger partial charge in [0.05, 0.1) is 18.8 Å². The van der Waals surface area contributed by atoms with Crippen molar-refractivity contribution in [3.8, 4) is 17.6 Å². The standard InChI is InChI=1S/C26H32FN3O6S/c1-18-15-30(19(2)17-31)37(33,34)25-12-11-20(8-7-13-35-4)14-23(25)36-24(18)16-29(3)26(32)28-22-10-6-5-9-21(22)27/h5-6,9-12,14,18-19,24,31H,13,15-17H2,1-4H3,(H,28,32)/t18-,19-,24+/m0/s1. The Balaban J connectivity index is 1.95. The zero-order valence-electron chi connectivity index (χ0n) is 21.3. The van der Waals surface area contributed by atoms with Gasteiger partial charge in [-0.2, -0.15) is 4.31 Å². The number of aliphatic hydroxyl groups excluding tert-OH is 1. The Bertz CT molecular complexity index is 1280. The van der Waals surface area contributed by atoms with E-state index in [0.717, 1.165) is 0 Å². The maximum absolute atomic E-state index is 14.0. The predicted octanol–water partition coefficient (Wildman–Crippen LogP) is 2.76.